The maximum atomic E-state index is 12.7. The number of benzene rings is 1. The number of nitrogens with two attached hydrogens (primary N) is 1. The van der Waals surface area contributed by atoms with Crippen LogP contribution in [0.5, 0.6) is 0 Å². The SMILES string of the molecule is CCCCn1c(N)c(N(CCOC)CC(=O)Nc2ccc(Cl)c([N+](=O)[O-])c2)c(=O)[nH]c1=O. The molecule has 12 nitrogen and oxygen atoms in total. The van der Waals surface area contributed by atoms with Gasteiger partial charge < -0.3 is 20.7 Å². The molecule has 32 heavy (non-hydrogen) atoms. The molecule has 2 rings (SSSR count). The number of carbonyl (C=O) groups excluding carboxylic acids is 1. The predicted octanol–water partition coefficient (Wildman–Crippen LogP) is 1.57. The zero-order valence-electron chi connectivity index (χ0n) is 17.7. The lowest BCUT2D eigenvalue weighted by atomic mass is 10.2. The third-order valence-corrected chi connectivity index (χ3v) is 4.91. The largest absolute Gasteiger partial charge is 0.383 e. The minimum absolute atomic E-state index is 0.0324. The summed E-state index contributed by atoms with van der Waals surface area (Å²) in [6.45, 7) is 2.24. The molecule has 4 N–H and O–H groups in total. The standard InChI is InChI=1S/C19H25ClN6O6/c1-3-4-7-25-17(21)16(18(28)23-19(25)29)24(8-9-32-2)11-15(27)22-12-5-6-13(20)14(10-12)26(30)31/h5-6,10H,3-4,7-9,11,21H2,1-2H3,(H,22,27)(H,23,28,29). The van der Waals surface area contributed by atoms with Crippen LogP contribution in [0.2, 0.25) is 5.02 Å². The average Bonchev–Trinajstić information content (AvgIpc) is 2.72. The van der Waals surface area contributed by atoms with Gasteiger partial charge in [-0.1, -0.05) is 24.9 Å². The summed E-state index contributed by atoms with van der Waals surface area (Å²) in [5.74, 6) is -0.624. The highest BCUT2D eigenvalue weighted by molar-refractivity contribution is 6.32. The average molecular weight is 469 g/mol. The number of carbonyl (C=O) groups is 1. The Bertz CT molecular complexity index is 1100. The zero-order chi connectivity index (χ0) is 23.8. The van der Waals surface area contributed by atoms with Gasteiger partial charge in [-0.05, 0) is 18.6 Å². The van der Waals surface area contributed by atoms with Gasteiger partial charge in [-0.25, -0.2) is 4.79 Å². The Balaban J connectivity index is 2.34. The second kappa shape index (κ2) is 11.3. The van der Waals surface area contributed by atoms with Crippen LogP contribution in [0, 0.1) is 10.1 Å². The number of aromatic amines is 1. The molecule has 1 amide bonds. The molecule has 2 aromatic rings. The van der Waals surface area contributed by atoms with E-state index in [4.69, 9.17) is 22.1 Å². The Morgan fingerprint density at radius 2 is 2.12 bits per heavy atom. The van der Waals surface area contributed by atoms with Gasteiger partial charge in [0, 0.05) is 32.0 Å². The summed E-state index contributed by atoms with van der Waals surface area (Å²) >= 11 is 5.79. The van der Waals surface area contributed by atoms with Crippen molar-refractivity contribution in [2.45, 2.75) is 26.3 Å². The molecule has 0 spiro atoms. The maximum Gasteiger partial charge on any atom is 0.330 e. The number of hydrogen-bond donors (Lipinski definition) is 3. The van der Waals surface area contributed by atoms with Gasteiger partial charge in [0.1, 0.15) is 16.5 Å². The number of aromatic nitrogens is 2. The van der Waals surface area contributed by atoms with Crippen LogP contribution in [0.25, 0.3) is 0 Å². The van der Waals surface area contributed by atoms with E-state index in [1.165, 1.54) is 28.7 Å². The number of unbranched alkanes of at least 4 members (excludes halogenated alkanes) is 1. The van der Waals surface area contributed by atoms with E-state index in [1.807, 2.05) is 6.92 Å². The van der Waals surface area contributed by atoms with Crippen LogP contribution in [0.3, 0.4) is 0 Å². The van der Waals surface area contributed by atoms with Gasteiger partial charge in [0.25, 0.3) is 11.2 Å². The second-order valence-corrected chi connectivity index (χ2v) is 7.29. The molecule has 0 aliphatic rings. The molecule has 1 aromatic carbocycles. The van der Waals surface area contributed by atoms with E-state index in [0.29, 0.717) is 13.0 Å². The molecule has 0 saturated heterocycles. The van der Waals surface area contributed by atoms with E-state index in [9.17, 15) is 24.5 Å². The van der Waals surface area contributed by atoms with E-state index < -0.39 is 22.1 Å². The topological polar surface area (TPSA) is 166 Å². The first kappa shape index (κ1) is 24.9. The van der Waals surface area contributed by atoms with Crippen LogP contribution < -0.4 is 27.2 Å². The second-order valence-electron chi connectivity index (χ2n) is 6.88. The number of hydrogen-bond acceptors (Lipinski definition) is 8. The van der Waals surface area contributed by atoms with Gasteiger partial charge in [-0.2, -0.15) is 0 Å². The molecule has 0 fully saturated rings. The van der Waals surface area contributed by atoms with Crippen molar-refractivity contribution >= 4 is 40.4 Å². The van der Waals surface area contributed by atoms with Gasteiger partial charge in [-0.15, -0.1) is 0 Å². The number of ether oxygens (including phenoxy) is 1. The highest BCUT2D eigenvalue weighted by Crippen LogP contribution is 2.27. The van der Waals surface area contributed by atoms with Crippen molar-refractivity contribution in [3.63, 3.8) is 0 Å². The fourth-order valence-electron chi connectivity index (χ4n) is 3.00. The molecule has 13 heteroatoms. The van der Waals surface area contributed by atoms with Crippen LogP contribution in [0.1, 0.15) is 19.8 Å². The molecule has 0 radical (unpaired) electrons. The minimum Gasteiger partial charge on any atom is -0.383 e. The van der Waals surface area contributed by atoms with Gasteiger partial charge in [0.15, 0.2) is 0 Å². The molecule has 1 heterocycles. The van der Waals surface area contributed by atoms with E-state index >= 15 is 0 Å². The van der Waals surface area contributed by atoms with Crippen molar-refractivity contribution < 1.29 is 14.5 Å². The number of methoxy groups -OCH3 is 1. The van der Waals surface area contributed by atoms with Gasteiger partial charge in [0.05, 0.1) is 18.1 Å². The van der Waals surface area contributed by atoms with Crippen LogP contribution >= 0.6 is 11.6 Å². The van der Waals surface area contributed by atoms with Gasteiger partial charge >= 0.3 is 5.69 Å². The molecular formula is C19H25ClN6O6. The van der Waals surface area contributed by atoms with Crippen LogP contribution in [0.15, 0.2) is 27.8 Å². The number of anilines is 3. The molecule has 0 aliphatic heterocycles. The summed E-state index contributed by atoms with van der Waals surface area (Å²) in [7, 11) is 1.46. The number of nitrogen functional groups attached to an aromatic ring is 1. The van der Waals surface area contributed by atoms with Crippen LogP contribution in [-0.2, 0) is 16.1 Å². The predicted molar refractivity (Wildman–Crippen MR) is 121 cm³/mol. The first-order chi connectivity index (χ1) is 15.2. The first-order valence-corrected chi connectivity index (χ1v) is 10.2. The summed E-state index contributed by atoms with van der Waals surface area (Å²) in [6, 6.07) is 3.84. The quantitative estimate of drug-likeness (QED) is 0.330. The van der Waals surface area contributed by atoms with E-state index in [0.717, 1.165) is 12.5 Å². The number of H-pyrrole nitrogens is 1. The molecule has 0 aliphatic carbocycles. The summed E-state index contributed by atoms with van der Waals surface area (Å²) in [5.41, 5.74) is 4.55. The normalized spacial score (nSPS) is 10.7. The highest BCUT2D eigenvalue weighted by atomic mass is 35.5. The third kappa shape index (κ3) is 6.08. The van der Waals surface area contributed by atoms with Crippen molar-refractivity contribution in [1.29, 1.82) is 0 Å². The number of nitrogens with one attached hydrogen (secondary N) is 2. The van der Waals surface area contributed by atoms with E-state index in [-0.39, 0.29) is 47.6 Å². The molecule has 0 unspecified atom stereocenters. The number of halogens is 1. The van der Waals surface area contributed by atoms with Gasteiger partial charge in [-0.3, -0.25) is 29.3 Å². The third-order valence-electron chi connectivity index (χ3n) is 4.59. The Morgan fingerprint density at radius 3 is 2.75 bits per heavy atom. The number of nitro benzene ring substituents is 1. The Labute approximate surface area is 188 Å². The first-order valence-electron chi connectivity index (χ1n) is 9.79. The van der Waals surface area contributed by atoms with Crippen molar-refractivity contribution in [3.8, 4) is 0 Å². The van der Waals surface area contributed by atoms with E-state index in [1.54, 1.807) is 0 Å². The highest BCUT2D eigenvalue weighted by Gasteiger charge is 2.22. The summed E-state index contributed by atoms with van der Waals surface area (Å²) < 4.78 is 6.31. The fourth-order valence-corrected chi connectivity index (χ4v) is 3.18. The maximum absolute atomic E-state index is 12.7. The molecule has 0 saturated carbocycles. The monoisotopic (exact) mass is 468 g/mol. The minimum atomic E-state index is -0.730. The molecule has 1 aromatic heterocycles. The smallest absolute Gasteiger partial charge is 0.330 e. The summed E-state index contributed by atoms with van der Waals surface area (Å²) in [5, 5.41) is 13.5. The zero-order valence-corrected chi connectivity index (χ0v) is 18.5. The van der Waals surface area contributed by atoms with Crippen molar-refractivity contribution in [3.05, 3.63) is 54.2 Å². The molecular weight excluding hydrogens is 444 g/mol. The Kier molecular flexibility index (Phi) is 8.79. The summed E-state index contributed by atoms with van der Waals surface area (Å²) in [6.07, 6.45) is 1.48. The number of nitrogens with zero attached hydrogens (tertiary/aromatic N) is 3. The lowest BCUT2D eigenvalue weighted by Gasteiger charge is -2.25. The van der Waals surface area contributed by atoms with Gasteiger partial charge in [0.2, 0.25) is 5.91 Å². The van der Waals surface area contributed by atoms with Crippen molar-refractivity contribution in [2.75, 3.05) is 42.8 Å². The summed E-state index contributed by atoms with van der Waals surface area (Å²) in [4.78, 5) is 51.4. The number of rotatable bonds is 11. The number of amides is 1. The lowest BCUT2D eigenvalue weighted by molar-refractivity contribution is -0.384. The van der Waals surface area contributed by atoms with Crippen LogP contribution in [0.4, 0.5) is 22.9 Å². The van der Waals surface area contributed by atoms with Crippen molar-refractivity contribution in [2.24, 2.45) is 0 Å². The number of nitro groups is 1. The van der Waals surface area contributed by atoms with Crippen LogP contribution in [-0.4, -0.2) is 47.2 Å². The Morgan fingerprint density at radius 1 is 1.41 bits per heavy atom. The Hall–Kier alpha value is -3.38. The van der Waals surface area contributed by atoms with E-state index in [2.05, 4.69) is 10.3 Å². The molecule has 174 valence electrons. The molecule has 0 bridgehead atoms. The fraction of sp³-hybridized carbons (Fsp3) is 0.421. The van der Waals surface area contributed by atoms with Crippen molar-refractivity contribution in [1.82, 2.24) is 9.55 Å². The lowest BCUT2D eigenvalue weighted by Crippen LogP contribution is -2.42. The molecule has 0 atom stereocenters.